The Morgan fingerprint density at radius 2 is 2.55 bits per heavy atom. The minimum Gasteiger partial charge on any atom is -0.496 e. The quantitative estimate of drug-likeness (QED) is 0.667. The summed E-state index contributed by atoms with van der Waals surface area (Å²) in [6.45, 7) is 3.07. The van der Waals surface area contributed by atoms with Gasteiger partial charge in [0.2, 0.25) is 0 Å². The molecule has 0 fully saturated rings. The highest BCUT2D eigenvalue weighted by Gasteiger charge is 2.15. The van der Waals surface area contributed by atoms with Crippen molar-refractivity contribution in [3.05, 3.63) is 11.8 Å². The molecule has 11 heavy (non-hydrogen) atoms. The molecule has 1 aliphatic heterocycles. The van der Waals surface area contributed by atoms with Crippen LogP contribution in [0.15, 0.2) is 11.8 Å². The Morgan fingerprint density at radius 3 is 3.00 bits per heavy atom. The van der Waals surface area contributed by atoms with Crippen molar-refractivity contribution < 1.29 is 4.74 Å². The molecule has 0 bridgehead atoms. The van der Waals surface area contributed by atoms with Gasteiger partial charge in [0.25, 0.3) is 0 Å². The molecule has 0 aromatic rings. The number of likely N-dealkylation sites (N-methyl/N-ethyl adjacent to an activating group) is 1. The zero-order valence-electron chi connectivity index (χ0n) is 7.39. The molecule has 0 aromatic heterocycles. The van der Waals surface area contributed by atoms with Gasteiger partial charge in [0, 0.05) is 6.42 Å². The molecule has 1 atom stereocenters. The smallest absolute Gasteiger partial charge is 0.109 e. The molecule has 2 nitrogen and oxygen atoms in total. The first-order chi connectivity index (χ1) is 5.38. The van der Waals surface area contributed by atoms with Crippen LogP contribution in [-0.4, -0.2) is 19.7 Å². The van der Waals surface area contributed by atoms with Crippen LogP contribution >= 0.6 is 0 Å². The van der Waals surface area contributed by atoms with Crippen molar-refractivity contribution in [2.24, 2.45) is 0 Å². The first-order valence-electron chi connectivity index (χ1n) is 4.38. The Labute approximate surface area is 68.6 Å². The van der Waals surface area contributed by atoms with Gasteiger partial charge in [-0.1, -0.05) is 13.3 Å². The molecule has 1 heterocycles. The lowest BCUT2D eigenvalue weighted by atomic mass is 10.1. The third-order valence-electron chi connectivity index (χ3n) is 2.00. The van der Waals surface area contributed by atoms with Crippen molar-refractivity contribution in [1.82, 2.24) is 5.32 Å². The van der Waals surface area contributed by atoms with E-state index in [-0.39, 0.29) is 0 Å². The van der Waals surface area contributed by atoms with Crippen LogP contribution in [0.25, 0.3) is 0 Å². The molecule has 0 radical (unpaired) electrons. The lowest BCUT2D eigenvalue weighted by molar-refractivity contribution is 0.214. The summed E-state index contributed by atoms with van der Waals surface area (Å²) in [5.74, 6) is 1.15. The van der Waals surface area contributed by atoms with Crippen LogP contribution in [0.4, 0.5) is 0 Å². The highest BCUT2D eigenvalue weighted by atomic mass is 16.5. The topological polar surface area (TPSA) is 21.3 Å². The van der Waals surface area contributed by atoms with Crippen LogP contribution in [0.3, 0.4) is 0 Å². The van der Waals surface area contributed by atoms with Crippen LogP contribution in [0, 0.1) is 0 Å². The van der Waals surface area contributed by atoms with E-state index in [2.05, 4.69) is 18.3 Å². The molecule has 1 unspecified atom stereocenters. The Morgan fingerprint density at radius 1 is 1.73 bits per heavy atom. The number of hydrogen-bond donors (Lipinski definition) is 1. The Hall–Kier alpha value is -0.500. The summed E-state index contributed by atoms with van der Waals surface area (Å²) in [6, 6.07) is 0.447. The fraction of sp³-hybridized carbons (Fsp3) is 0.778. The highest BCUT2D eigenvalue weighted by Crippen LogP contribution is 2.16. The van der Waals surface area contributed by atoms with Crippen molar-refractivity contribution >= 4 is 0 Å². The maximum Gasteiger partial charge on any atom is 0.109 e. The molecule has 2 heteroatoms. The van der Waals surface area contributed by atoms with E-state index < -0.39 is 0 Å². The molecule has 1 N–H and O–H groups in total. The zero-order chi connectivity index (χ0) is 8.10. The molecule has 0 aliphatic carbocycles. The highest BCUT2D eigenvalue weighted by molar-refractivity contribution is 5.06. The largest absolute Gasteiger partial charge is 0.496 e. The van der Waals surface area contributed by atoms with Gasteiger partial charge in [0.1, 0.15) is 5.76 Å². The molecule has 1 aliphatic rings. The van der Waals surface area contributed by atoms with E-state index >= 15 is 0 Å². The van der Waals surface area contributed by atoms with Crippen molar-refractivity contribution in [3.8, 4) is 0 Å². The molecule has 0 amide bonds. The Bertz CT molecular complexity index is 142. The fourth-order valence-electron chi connectivity index (χ4n) is 1.40. The van der Waals surface area contributed by atoms with Crippen molar-refractivity contribution in [2.45, 2.75) is 32.2 Å². The van der Waals surface area contributed by atoms with E-state index in [1.165, 1.54) is 12.8 Å². The maximum atomic E-state index is 5.46. The summed E-state index contributed by atoms with van der Waals surface area (Å²) in [6.07, 6.45) is 5.64. The number of rotatable bonds is 4. The van der Waals surface area contributed by atoms with Crippen molar-refractivity contribution in [3.63, 3.8) is 0 Å². The van der Waals surface area contributed by atoms with Crippen LogP contribution in [0.1, 0.15) is 26.2 Å². The third-order valence-corrected chi connectivity index (χ3v) is 2.00. The second-order valence-electron chi connectivity index (χ2n) is 2.87. The zero-order valence-corrected chi connectivity index (χ0v) is 7.39. The minimum absolute atomic E-state index is 0.447. The number of hydrogen-bond acceptors (Lipinski definition) is 2. The first kappa shape index (κ1) is 8.60. The first-order valence-corrected chi connectivity index (χ1v) is 4.38. The van der Waals surface area contributed by atoms with E-state index in [4.69, 9.17) is 4.74 Å². The average molecular weight is 155 g/mol. The fourth-order valence-corrected chi connectivity index (χ4v) is 1.40. The van der Waals surface area contributed by atoms with Gasteiger partial charge in [-0.15, -0.1) is 0 Å². The molecule has 0 saturated carbocycles. The van der Waals surface area contributed by atoms with Gasteiger partial charge < -0.3 is 10.1 Å². The summed E-state index contributed by atoms with van der Waals surface area (Å²) in [5, 5.41) is 3.25. The SMILES string of the molecule is CCCC(NC)C1=CCCO1. The molecular weight excluding hydrogens is 138 g/mol. The Kier molecular flexibility index (Phi) is 3.43. The minimum atomic E-state index is 0.447. The number of ether oxygens (including phenoxy) is 1. The van der Waals surface area contributed by atoms with Crippen LogP contribution in [0.5, 0.6) is 0 Å². The molecule has 1 rings (SSSR count). The summed E-state index contributed by atoms with van der Waals surface area (Å²) in [5.41, 5.74) is 0. The maximum absolute atomic E-state index is 5.46. The Balaban J connectivity index is 2.40. The van der Waals surface area contributed by atoms with E-state index in [9.17, 15) is 0 Å². The van der Waals surface area contributed by atoms with E-state index in [1.807, 2.05) is 7.05 Å². The second-order valence-corrected chi connectivity index (χ2v) is 2.87. The summed E-state index contributed by atoms with van der Waals surface area (Å²) in [4.78, 5) is 0. The number of nitrogens with one attached hydrogen (secondary N) is 1. The van der Waals surface area contributed by atoms with Crippen LogP contribution in [-0.2, 0) is 4.74 Å². The van der Waals surface area contributed by atoms with E-state index in [1.54, 1.807) is 0 Å². The summed E-state index contributed by atoms with van der Waals surface area (Å²) >= 11 is 0. The van der Waals surface area contributed by atoms with Gasteiger partial charge in [-0.05, 0) is 19.5 Å². The van der Waals surface area contributed by atoms with Gasteiger partial charge in [-0.25, -0.2) is 0 Å². The standard InChI is InChI=1S/C9H17NO/c1-3-5-8(10-2)9-6-4-7-11-9/h6,8,10H,3-5,7H2,1-2H3. The third kappa shape index (κ3) is 2.22. The van der Waals surface area contributed by atoms with Gasteiger partial charge in [-0.2, -0.15) is 0 Å². The van der Waals surface area contributed by atoms with E-state index in [0.717, 1.165) is 18.8 Å². The molecule has 0 spiro atoms. The predicted molar refractivity (Wildman–Crippen MR) is 46.4 cm³/mol. The predicted octanol–water partition coefficient (Wildman–Crippen LogP) is 1.68. The van der Waals surface area contributed by atoms with Crippen LogP contribution in [0.2, 0.25) is 0 Å². The molecule has 0 saturated heterocycles. The van der Waals surface area contributed by atoms with Gasteiger partial charge in [0.15, 0.2) is 0 Å². The molecule has 0 aromatic carbocycles. The van der Waals surface area contributed by atoms with Gasteiger partial charge >= 0.3 is 0 Å². The normalized spacial score (nSPS) is 19.3. The lowest BCUT2D eigenvalue weighted by Crippen LogP contribution is -2.27. The van der Waals surface area contributed by atoms with E-state index in [0.29, 0.717) is 6.04 Å². The van der Waals surface area contributed by atoms with Gasteiger partial charge in [0.05, 0.1) is 12.6 Å². The molecule has 64 valence electrons. The van der Waals surface area contributed by atoms with Crippen LogP contribution < -0.4 is 5.32 Å². The second kappa shape index (κ2) is 4.39. The monoisotopic (exact) mass is 155 g/mol. The summed E-state index contributed by atoms with van der Waals surface area (Å²) < 4.78 is 5.46. The van der Waals surface area contributed by atoms with Crippen molar-refractivity contribution in [2.75, 3.05) is 13.7 Å². The average Bonchev–Trinajstić information content (AvgIpc) is 2.52. The van der Waals surface area contributed by atoms with Crippen molar-refractivity contribution in [1.29, 1.82) is 0 Å². The van der Waals surface area contributed by atoms with Gasteiger partial charge in [-0.3, -0.25) is 0 Å². The summed E-state index contributed by atoms with van der Waals surface area (Å²) in [7, 11) is 1.99. The molecular formula is C9H17NO. The lowest BCUT2D eigenvalue weighted by Gasteiger charge is -2.15.